The molecule has 1 fully saturated rings. The summed E-state index contributed by atoms with van der Waals surface area (Å²) in [6, 6.07) is 3.01. The Hall–Kier alpha value is -1.40. The van der Waals surface area contributed by atoms with Gasteiger partial charge in [0.15, 0.2) is 5.11 Å². The Kier molecular flexibility index (Phi) is 7.24. The molecule has 2 N–H and O–H groups in total. The van der Waals surface area contributed by atoms with Crippen molar-refractivity contribution in [3.63, 3.8) is 0 Å². The lowest BCUT2D eigenvalue weighted by Crippen LogP contribution is -2.40. The minimum absolute atomic E-state index is 0.154. The van der Waals surface area contributed by atoms with Crippen LogP contribution in [0, 0.1) is 13.8 Å². The number of ether oxygens (including phenoxy) is 1. The molecule has 1 aromatic rings. The maximum absolute atomic E-state index is 5.23. The van der Waals surface area contributed by atoms with Crippen LogP contribution in [0.15, 0.2) is 11.2 Å². The van der Waals surface area contributed by atoms with E-state index in [-0.39, 0.29) is 6.04 Å². The molecule has 0 spiro atoms. The number of nitrogens with zero attached hydrogens (tertiary/aromatic N) is 2. The van der Waals surface area contributed by atoms with Crippen molar-refractivity contribution in [2.24, 2.45) is 5.10 Å². The molecule has 2 rings (SSSR count). The van der Waals surface area contributed by atoms with Crippen LogP contribution >= 0.6 is 12.2 Å². The minimum Gasteiger partial charge on any atom is -0.383 e. The molecule has 0 aliphatic heterocycles. The Labute approximate surface area is 150 Å². The van der Waals surface area contributed by atoms with Crippen molar-refractivity contribution in [2.45, 2.75) is 65.0 Å². The zero-order chi connectivity index (χ0) is 17.5. The SMILES string of the molecule is COC[C@H](C)NC(=S)N/N=C\c1cc(C)n(C2CCCCC2)c1C. The molecule has 5 nitrogen and oxygen atoms in total. The molecule has 0 radical (unpaired) electrons. The zero-order valence-corrected chi connectivity index (χ0v) is 16.1. The van der Waals surface area contributed by atoms with Gasteiger partial charge in [-0.2, -0.15) is 5.10 Å². The van der Waals surface area contributed by atoms with Crippen LogP contribution in [0.25, 0.3) is 0 Å². The summed E-state index contributed by atoms with van der Waals surface area (Å²) in [6.45, 7) is 6.98. The number of methoxy groups -OCH3 is 1. The van der Waals surface area contributed by atoms with E-state index in [1.165, 1.54) is 43.5 Å². The Morgan fingerprint density at radius 1 is 1.42 bits per heavy atom. The molecule has 134 valence electrons. The van der Waals surface area contributed by atoms with Crippen molar-refractivity contribution in [1.29, 1.82) is 0 Å². The smallest absolute Gasteiger partial charge is 0.187 e. The van der Waals surface area contributed by atoms with E-state index in [1.807, 2.05) is 13.1 Å². The van der Waals surface area contributed by atoms with Crippen LogP contribution in [0.3, 0.4) is 0 Å². The number of rotatable bonds is 6. The fourth-order valence-electron chi connectivity index (χ4n) is 3.54. The Balaban J connectivity index is 1.96. The number of thiocarbonyl (C=S) groups is 1. The highest BCUT2D eigenvalue weighted by atomic mass is 32.1. The first-order valence-electron chi connectivity index (χ1n) is 8.80. The van der Waals surface area contributed by atoms with Gasteiger partial charge < -0.3 is 14.6 Å². The van der Waals surface area contributed by atoms with E-state index in [9.17, 15) is 0 Å². The number of aromatic nitrogens is 1. The molecule has 1 aliphatic carbocycles. The average molecular weight is 351 g/mol. The Morgan fingerprint density at radius 3 is 2.79 bits per heavy atom. The summed E-state index contributed by atoms with van der Waals surface area (Å²) in [5.74, 6) is 0. The normalized spacial score (nSPS) is 17.2. The topological polar surface area (TPSA) is 50.6 Å². The predicted octanol–water partition coefficient (Wildman–Crippen LogP) is 3.44. The van der Waals surface area contributed by atoms with Gasteiger partial charge in [-0.25, -0.2) is 0 Å². The average Bonchev–Trinajstić information content (AvgIpc) is 2.82. The zero-order valence-electron chi connectivity index (χ0n) is 15.3. The van der Waals surface area contributed by atoms with Crippen LogP contribution in [-0.4, -0.2) is 35.7 Å². The van der Waals surface area contributed by atoms with E-state index in [1.54, 1.807) is 7.11 Å². The third kappa shape index (κ3) is 5.05. The van der Waals surface area contributed by atoms with Crippen LogP contribution in [0.5, 0.6) is 0 Å². The molecule has 1 heterocycles. The molecule has 1 aromatic heterocycles. The first kappa shape index (κ1) is 18.9. The number of aryl methyl sites for hydroxylation is 1. The summed E-state index contributed by atoms with van der Waals surface area (Å²) >= 11 is 5.23. The molecule has 0 bridgehead atoms. The molecule has 6 heteroatoms. The molecule has 0 saturated heterocycles. The van der Waals surface area contributed by atoms with Crippen molar-refractivity contribution in [3.05, 3.63) is 23.0 Å². The van der Waals surface area contributed by atoms with Crippen molar-refractivity contribution in [2.75, 3.05) is 13.7 Å². The molecule has 0 unspecified atom stereocenters. The lowest BCUT2D eigenvalue weighted by Gasteiger charge is -2.26. The van der Waals surface area contributed by atoms with E-state index < -0.39 is 0 Å². The van der Waals surface area contributed by atoms with Gasteiger partial charge in [0, 0.05) is 36.1 Å². The van der Waals surface area contributed by atoms with Gasteiger partial charge in [0.25, 0.3) is 0 Å². The van der Waals surface area contributed by atoms with Crippen molar-refractivity contribution >= 4 is 23.5 Å². The Morgan fingerprint density at radius 2 is 2.12 bits per heavy atom. The fraction of sp³-hybridized carbons (Fsp3) is 0.667. The summed E-state index contributed by atoms with van der Waals surface area (Å²) in [5, 5.41) is 7.92. The molecular formula is C18H30N4OS. The predicted molar refractivity (Wildman–Crippen MR) is 104 cm³/mol. The van der Waals surface area contributed by atoms with Gasteiger partial charge >= 0.3 is 0 Å². The monoisotopic (exact) mass is 350 g/mol. The summed E-state index contributed by atoms with van der Waals surface area (Å²) in [7, 11) is 1.68. The first-order chi connectivity index (χ1) is 11.5. The van der Waals surface area contributed by atoms with Gasteiger partial charge in [0.1, 0.15) is 0 Å². The van der Waals surface area contributed by atoms with E-state index in [0.717, 1.165) is 5.56 Å². The second-order valence-corrected chi connectivity index (χ2v) is 7.10. The number of nitrogens with one attached hydrogen (secondary N) is 2. The summed E-state index contributed by atoms with van der Waals surface area (Å²) in [5.41, 5.74) is 6.64. The van der Waals surface area contributed by atoms with Gasteiger partial charge in [-0.15, -0.1) is 0 Å². The summed E-state index contributed by atoms with van der Waals surface area (Å²) in [4.78, 5) is 0. The maximum Gasteiger partial charge on any atom is 0.187 e. The van der Waals surface area contributed by atoms with Gasteiger partial charge in [-0.3, -0.25) is 5.43 Å². The largest absolute Gasteiger partial charge is 0.383 e. The minimum atomic E-state index is 0.154. The molecule has 0 aromatic carbocycles. The quantitative estimate of drug-likeness (QED) is 0.469. The van der Waals surface area contributed by atoms with E-state index in [0.29, 0.717) is 17.8 Å². The summed E-state index contributed by atoms with van der Waals surface area (Å²) in [6.07, 6.45) is 8.49. The van der Waals surface area contributed by atoms with Gasteiger partial charge in [-0.1, -0.05) is 19.3 Å². The van der Waals surface area contributed by atoms with Gasteiger partial charge in [0.05, 0.1) is 12.8 Å². The second kappa shape index (κ2) is 9.18. The first-order valence-corrected chi connectivity index (χ1v) is 9.20. The molecule has 24 heavy (non-hydrogen) atoms. The van der Waals surface area contributed by atoms with Crippen LogP contribution in [0.4, 0.5) is 0 Å². The van der Waals surface area contributed by atoms with E-state index in [4.69, 9.17) is 17.0 Å². The van der Waals surface area contributed by atoms with Crippen LogP contribution in [0.1, 0.15) is 62.0 Å². The standard InChI is InChI=1S/C18H30N4OS/c1-13(12-23-4)20-18(24)21-19-11-16-10-14(2)22(15(16)3)17-8-6-5-7-9-17/h10-11,13,17H,5-9,12H2,1-4H3,(H2,20,21,24)/b19-11-/t13-/m0/s1. The molecular weight excluding hydrogens is 320 g/mol. The van der Waals surface area contributed by atoms with Gasteiger partial charge in [-0.05, 0) is 51.9 Å². The third-order valence-corrected chi connectivity index (χ3v) is 4.84. The number of hydrogen-bond acceptors (Lipinski definition) is 3. The number of hydrazone groups is 1. The second-order valence-electron chi connectivity index (χ2n) is 6.69. The van der Waals surface area contributed by atoms with Crippen molar-refractivity contribution in [3.8, 4) is 0 Å². The fourth-order valence-corrected chi connectivity index (χ4v) is 3.80. The summed E-state index contributed by atoms with van der Waals surface area (Å²) < 4.78 is 7.56. The van der Waals surface area contributed by atoms with Crippen LogP contribution in [-0.2, 0) is 4.74 Å². The highest BCUT2D eigenvalue weighted by molar-refractivity contribution is 7.80. The lowest BCUT2D eigenvalue weighted by molar-refractivity contribution is 0.179. The third-order valence-electron chi connectivity index (χ3n) is 4.63. The highest BCUT2D eigenvalue weighted by Gasteiger charge is 2.19. The van der Waals surface area contributed by atoms with Crippen molar-refractivity contribution in [1.82, 2.24) is 15.3 Å². The Bertz CT molecular complexity index is 576. The molecule has 1 atom stereocenters. The maximum atomic E-state index is 5.23. The van der Waals surface area contributed by atoms with Crippen LogP contribution < -0.4 is 10.7 Å². The number of hydrogen-bond donors (Lipinski definition) is 2. The highest BCUT2D eigenvalue weighted by Crippen LogP contribution is 2.31. The lowest BCUT2D eigenvalue weighted by atomic mass is 9.95. The van der Waals surface area contributed by atoms with Crippen molar-refractivity contribution < 1.29 is 4.74 Å². The van der Waals surface area contributed by atoms with E-state index in [2.05, 4.69) is 40.3 Å². The van der Waals surface area contributed by atoms with E-state index >= 15 is 0 Å². The molecule has 1 saturated carbocycles. The molecule has 1 aliphatic rings. The van der Waals surface area contributed by atoms with Crippen LogP contribution in [0.2, 0.25) is 0 Å². The van der Waals surface area contributed by atoms with Gasteiger partial charge in [0.2, 0.25) is 0 Å². The molecule has 0 amide bonds.